The lowest BCUT2D eigenvalue weighted by molar-refractivity contribution is 0.0969. The second-order valence-corrected chi connectivity index (χ2v) is 6.85. The van der Waals surface area contributed by atoms with Crippen molar-refractivity contribution in [1.82, 2.24) is 9.97 Å². The van der Waals surface area contributed by atoms with Gasteiger partial charge in [-0.05, 0) is 36.8 Å². The Balaban J connectivity index is 1.83. The van der Waals surface area contributed by atoms with E-state index >= 15 is 0 Å². The Morgan fingerprint density at radius 2 is 1.76 bits per heavy atom. The van der Waals surface area contributed by atoms with Crippen LogP contribution in [0, 0.1) is 12.7 Å². The number of carbonyl (C=O) groups is 1. The predicted octanol–water partition coefficient (Wildman–Crippen LogP) is 3.78. The van der Waals surface area contributed by atoms with Crippen LogP contribution in [0.15, 0.2) is 70.1 Å². The Hall–Kier alpha value is -3.87. The number of rotatable bonds is 2. The summed E-state index contributed by atoms with van der Waals surface area (Å²) in [6.07, 6.45) is 3.04. The molecule has 7 heteroatoms. The predicted molar refractivity (Wildman–Crippen MR) is 104 cm³/mol. The van der Waals surface area contributed by atoms with Gasteiger partial charge in [0.1, 0.15) is 11.4 Å². The number of benzene rings is 2. The van der Waals surface area contributed by atoms with Crippen molar-refractivity contribution >= 4 is 22.8 Å². The second kappa shape index (κ2) is 6.34. The van der Waals surface area contributed by atoms with Crippen LogP contribution < -0.4 is 10.3 Å². The molecule has 3 heterocycles. The van der Waals surface area contributed by atoms with Crippen LogP contribution in [0.3, 0.4) is 0 Å². The molecule has 142 valence electrons. The summed E-state index contributed by atoms with van der Waals surface area (Å²) in [5, 5.41) is 0.0875. The molecule has 1 atom stereocenters. The molecule has 1 amide bonds. The van der Waals surface area contributed by atoms with Crippen LogP contribution in [0.2, 0.25) is 0 Å². The van der Waals surface area contributed by atoms with Crippen molar-refractivity contribution in [1.29, 1.82) is 0 Å². The first-order valence-corrected chi connectivity index (χ1v) is 8.98. The highest BCUT2D eigenvalue weighted by atomic mass is 19.1. The van der Waals surface area contributed by atoms with E-state index in [0.717, 1.165) is 11.6 Å². The molecular formula is C22H14FN3O3. The zero-order valence-corrected chi connectivity index (χ0v) is 15.3. The zero-order valence-electron chi connectivity index (χ0n) is 15.3. The first-order chi connectivity index (χ1) is 14.0. The Labute approximate surface area is 164 Å². The number of fused-ring (bicyclic) bond motifs is 2. The number of halogens is 1. The SMILES string of the molecule is Cc1ccc(C2c3c(oc4ccc(F)cc4c3=O)C(=O)N2c2ncccn2)cc1. The lowest BCUT2D eigenvalue weighted by atomic mass is 9.98. The maximum absolute atomic E-state index is 13.8. The number of aromatic nitrogens is 2. The van der Waals surface area contributed by atoms with E-state index in [4.69, 9.17) is 4.42 Å². The zero-order chi connectivity index (χ0) is 20.1. The van der Waals surface area contributed by atoms with E-state index < -0.39 is 23.2 Å². The molecule has 1 unspecified atom stereocenters. The molecule has 2 aromatic heterocycles. The number of aryl methyl sites for hydroxylation is 1. The molecular weight excluding hydrogens is 373 g/mol. The van der Waals surface area contributed by atoms with Crippen molar-refractivity contribution in [3.63, 3.8) is 0 Å². The highest BCUT2D eigenvalue weighted by Crippen LogP contribution is 2.39. The van der Waals surface area contributed by atoms with E-state index in [1.54, 1.807) is 6.07 Å². The molecule has 0 saturated carbocycles. The standard InChI is InChI=1S/C22H14FN3O3/c1-12-3-5-13(6-4-12)18-17-19(27)15-11-14(23)7-8-16(15)29-20(17)21(28)26(18)22-24-9-2-10-25-22/h2-11,18H,1H3. The molecule has 0 bridgehead atoms. The Bertz CT molecular complexity index is 1320. The van der Waals surface area contributed by atoms with Gasteiger partial charge in [0.25, 0.3) is 5.91 Å². The number of amides is 1. The average Bonchev–Trinajstić information content (AvgIpc) is 3.03. The van der Waals surface area contributed by atoms with Gasteiger partial charge in [-0.3, -0.25) is 14.5 Å². The van der Waals surface area contributed by atoms with Crippen LogP contribution in [0.25, 0.3) is 11.0 Å². The van der Waals surface area contributed by atoms with Crippen LogP contribution in [0.5, 0.6) is 0 Å². The van der Waals surface area contributed by atoms with Crippen LogP contribution in [0.1, 0.15) is 33.3 Å². The van der Waals surface area contributed by atoms with Gasteiger partial charge in [-0.15, -0.1) is 0 Å². The molecule has 0 saturated heterocycles. The highest BCUT2D eigenvalue weighted by molar-refractivity contribution is 6.09. The quantitative estimate of drug-likeness (QED) is 0.523. The van der Waals surface area contributed by atoms with Crippen LogP contribution in [-0.2, 0) is 0 Å². The summed E-state index contributed by atoms with van der Waals surface area (Å²) in [6.45, 7) is 1.94. The molecule has 0 aliphatic carbocycles. The van der Waals surface area contributed by atoms with Crippen molar-refractivity contribution in [2.75, 3.05) is 4.90 Å². The van der Waals surface area contributed by atoms with Gasteiger partial charge in [-0.2, -0.15) is 0 Å². The molecule has 29 heavy (non-hydrogen) atoms. The molecule has 0 radical (unpaired) electrons. The molecule has 5 rings (SSSR count). The van der Waals surface area contributed by atoms with Crippen LogP contribution in [0.4, 0.5) is 10.3 Å². The van der Waals surface area contributed by atoms with Gasteiger partial charge in [-0.25, -0.2) is 14.4 Å². The number of hydrogen-bond acceptors (Lipinski definition) is 5. The van der Waals surface area contributed by atoms with Crippen molar-refractivity contribution in [2.24, 2.45) is 0 Å². The third-order valence-corrected chi connectivity index (χ3v) is 4.99. The summed E-state index contributed by atoms with van der Waals surface area (Å²) in [5.74, 6) is -0.986. The number of anilines is 1. The van der Waals surface area contributed by atoms with Gasteiger partial charge < -0.3 is 4.42 Å². The lowest BCUT2D eigenvalue weighted by Crippen LogP contribution is -2.31. The molecule has 1 aliphatic rings. The molecule has 1 aliphatic heterocycles. The van der Waals surface area contributed by atoms with Crippen molar-refractivity contribution in [2.45, 2.75) is 13.0 Å². The summed E-state index contributed by atoms with van der Waals surface area (Å²) >= 11 is 0. The van der Waals surface area contributed by atoms with Gasteiger partial charge in [0, 0.05) is 12.4 Å². The fourth-order valence-electron chi connectivity index (χ4n) is 3.63. The van der Waals surface area contributed by atoms with Gasteiger partial charge in [0.05, 0.1) is 17.0 Å². The summed E-state index contributed by atoms with van der Waals surface area (Å²) in [6, 6.07) is 12.0. The average molecular weight is 387 g/mol. The number of carbonyl (C=O) groups excluding carboxylic acids is 1. The normalized spacial score (nSPS) is 15.7. The highest BCUT2D eigenvalue weighted by Gasteiger charge is 2.44. The molecule has 0 spiro atoms. The fraction of sp³-hybridized carbons (Fsp3) is 0.0909. The Kier molecular flexibility index (Phi) is 3.77. The minimum atomic E-state index is -0.774. The van der Waals surface area contributed by atoms with Gasteiger partial charge in [-0.1, -0.05) is 29.8 Å². The van der Waals surface area contributed by atoms with Crippen molar-refractivity contribution in [3.05, 3.63) is 99.4 Å². The molecule has 6 nitrogen and oxygen atoms in total. The maximum Gasteiger partial charge on any atom is 0.297 e. The van der Waals surface area contributed by atoms with Crippen molar-refractivity contribution < 1.29 is 13.6 Å². The van der Waals surface area contributed by atoms with E-state index in [1.807, 2.05) is 31.2 Å². The molecule has 4 aromatic rings. The minimum Gasteiger partial charge on any atom is -0.450 e. The molecule has 2 aromatic carbocycles. The second-order valence-electron chi connectivity index (χ2n) is 6.85. The largest absolute Gasteiger partial charge is 0.450 e. The van der Waals surface area contributed by atoms with E-state index in [9.17, 15) is 14.0 Å². The van der Waals surface area contributed by atoms with E-state index in [0.29, 0.717) is 5.56 Å². The van der Waals surface area contributed by atoms with Crippen LogP contribution in [-0.4, -0.2) is 15.9 Å². The first kappa shape index (κ1) is 17.2. The number of nitrogens with zero attached hydrogens (tertiary/aromatic N) is 3. The fourth-order valence-corrected chi connectivity index (χ4v) is 3.63. The third-order valence-electron chi connectivity index (χ3n) is 4.99. The summed E-state index contributed by atoms with van der Waals surface area (Å²) in [5.41, 5.74) is 1.61. The van der Waals surface area contributed by atoms with E-state index in [2.05, 4.69) is 9.97 Å². The minimum absolute atomic E-state index is 0.0767. The van der Waals surface area contributed by atoms with Gasteiger partial charge in [0.15, 0.2) is 5.43 Å². The topological polar surface area (TPSA) is 76.3 Å². The summed E-state index contributed by atoms with van der Waals surface area (Å²) in [4.78, 5) is 36.3. The molecule has 0 fully saturated rings. The van der Waals surface area contributed by atoms with Crippen molar-refractivity contribution in [3.8, 4) is 0 Å². The third kappa shape index (κ3) is 2.62. The summed E-state index contributed by atoms with van der Waals surface area (Å²) in [7, 11) is 0. The Morgan fingerprint density at radius 1 is 1.03 bits per heavy atom. The van der Waals surface area contributed by atoms with Gasteiger partial charge in [0.2, 0.25) is 11.7 Å². The van der Waals surface area contributed by atoms with Gasteiger partial charge >= 0.3 is 0 Å². The van der Waals surface area contributed by atoms with Crippen LogP contribution >= 0.6 is 0 Å². The first-order valence-electron chi connectivity index (χ1n) is 8.98. The Morgan fingerprint density at radius 3 is 2.48 bits per heavy atom. The maximum atomic E-state index is 13.8. The molecule has 0 N–H and O–H groups in total. The lowest BCUT2D eigenvalue weighted by Gasteiger charge is -2.23. The monoisotopic (exact) mass is 387 g/mol. The van der Waals surface area contributed by atoms with E-state index in [-0.39, 0.29) is 28.2 Å². The smallest absolute Gasteiger partial charge is 0.297 e. The van der Waals surface area contributed by atoms with E-state index in [1.165, 1.54) is 29.4 Å². The number of hydrogen-bond donors (Lipinski definition) is 0. The summed E-state index contributed by atoms with van der Waals surface area (Å²) < 4.78 is 19.5.